The number of carbonyl (C=O) groups is 2. The summed E-state index contributed by atoms with van der Waals surface area (Å²) in [6.07, 6.45) is 0. The maximum atomic E-state index is 11.8. The van der Waals surface area contributed by atoms with E-state index in [-0.39, 0.29) is 11.5 Å². The molecule has 0 aliphatic carbocycles. The van der Waals surface area contributed by atoms with Gasteiger partial charge in [0.05, 0.1) is 11.3 Å². The summed E-state index contributed by atoms with van der Waals surface area (Å²) in [5.74, 6) is -0.644. The Morgan fingerprint density at radius 1 is 1.05 bits per heavy atom. The van der Waals surface area contributed by atoms with Crippen LogP contribution in [0.4, 0.5) is 0 Å². The van der Waals surface area contributed by atoms with Gasteiger partial charge in [-0.15, -0.1) is 11.8 Å². The van der Waals surface area contributed by atoms with E-state index in [1.807, 2.05) is 31.2 Å². The van der Waals surface area contributed by atoms with E-state index < -0.39 is 5.97 Å². The zero-order chi connectivity index (χ0) is 15.9. The summed E-state index contributed by atoms with van der Waals surface area (Å²) in [6, 6.07) is 14.5. The van der Waals surface area contributed by atoms with E-state index in [9.17, 15) is 9.59 Å². The number of nitrogens with one attached hydrogen (secondary N) is 1. The lowest BCUT2D eigenvalue weighted by Crippen LogP contribution is -2.24. The number of benzene rings is 2. The third kappa shape index (κ3) is 4.93. The molecule has 22 heavy (non-hydrogen) atoms. The summed E-state index contributed by atoms with van der Waals surface area (Å²) in [6.45, 7) is 2.42. The highest BCUT2D eigenvalue weighted by Gasteiger charge is 2.05. The van der Waals surface area contributed by atoms with E-state index in [2.05, 4.69) is 5.32 Å². The number of aromatic carboxylic acids is 1. The molecule has 0 saturated carbocycles. The second kappa shape index (κ2) is 7.66. The lowest BCUT2D eigenvalue weighted by molar-refractivity contribution is -0.118. The first kappa shape index (κ1) is 16.1. The minimum absolute atomic E-state index is 0.0483. The molecule has 0 spiro atoms. The Kier molecular flexibility index (Phi) is 5.61. The van der Waals surface area contributed by atoms with E-state index in [4.69, 9.17) is 5.11 Å². The molecular formula is C17H17NO3S. The van der Waals surface area contributed by atoms with Gasteiger partial charge in [-0.25, -0.2) is 4.79 Å². The molecule has 0 saturated heterocycles. The molecule has 2 N–H and O–H groups in total. The molecule has 0 bridgehead atoms. The van der Waals surface area contributed by atoms with E-state index in [1.165, 1.54) is 29.5 Å². The summed E-state index contributed by atoms with van der Waals surface area (Å²) >= 11 is 1.49. The molecule has 0 aliphatic rings. The molecule has 0 unspecified atom stereocenters. The van der Waals surface area contributed by atoms with Gasteiger partial charge in [0.1, 0.15) is 0 Å². The Morgan fingerprint density at radius 2 is 1.68 bits per heavy atom. The van der Waals surface area contributed by atoms with Crippen LogP contribution < -0.4 is 5.32 Å². The highest BCUT2D eigenvalue weighted by Crippen LogP contribution is 2.17. The minimum Gasteiger partial charge on any atom is -0.478 e. The van der Waals surface area contributed by atoms with Crippen LogP contribution in [0.3, 0.4) is 0 Å². The molecule has 2 rings (SSSR count). The number of hydrogen-bond acceptors (Lipinski definition) is 3. The fraction of sp³-hybridized carbons (Fsp3) is 0.176. The number of amides is 1. The molecule has 2 aromatic carbocycles. The van der Waals surface area contributed by atoms with Gasteiger partial charge in [0, 0.05) is 11.4 Å². The van der Waals surface area contributed by atoms with Crippen LogP contribution in [0.2, 0.25) is 0 Å². The highest BCUT2D eigenvalue weighted by atomic mass is 32.2. The quantitative estimate of drug-likeness (QED) is 0.804. The van der Waals surface area contributed by atoms with Crippen molar-refractivity contribution in [2.75, 3.05) is 5.75 Å². The van der Waals surface area contributed by atoms with Gasteiger partial charge >= 0.3 is 5.97 Å². The van der Waals surface area contributed by atoms with Crippen molar-refractivity contribution < 1.29 is 14.7 Å². The zero-order valence-corrected chi connectivity index (χ0v) is 13.0. The maximum absolute atomic E-state index is 11.8. The zero-order valence-electron chi connectivity index (χ0n) is 12.2. The Bertz CT molecular complexity index is 651. The van der Waals surface area contributed by atoms with E-state index in [0.29, 0.717) is 12.3 Å². The minimum atomic E-state index is -0.954. The molecule has 0 radical (unpaired) electrons. The van der Waals surface area contributed by atoms with Gasteiger partial charge in [-0.1, -0.05) is 29.8 Å². The van der Waals surface area contributed by atoms with Crippen LogP contribution in [0.15, 0.2) is 53.4 Å². The SMILES string of the molecule is Cc1ccc(SCC(=O)NCc2ccc(C(=O)O)cc2)cc1. The normalized spacial score (nSPS) is 10.2. The number of carboxylic acid groups (broad SMARTS) is 1. The Morgan fingerprint density at radius 3 is 2.27 bits per heavy atom. The number of hydrogen-bond donors (Lipinski definition) is 2. The molecule has 0 heterocycles. The van der Waals surface area contributed by atoms with Gasteiger partial charge in [0.2, 0.25) is 5.91 Å². The van der Waals surface area contributed by atoms with Gasteiger partial charge in [-0.3, -0.25) is 4.79 Å². The molecule has 0 aromatic heterocycles. The molecule has 1 amide bonds. The van der Waals surface area contributed by atoms with Crippen molar-refractivity contribution in [2.45, 2.75) is 18.4 Å². The summed E-state index contributed by atoms with van der Waals surface area (Å²) in [7, 11) is 0. The molecule has 2 aromatic rings. The third-order valence-electron chi connectivity index (χ3n) is 3.08. The smallest absolute Gasteiger partial charge is 0.335 e. The van der Waals surface area contributed by atoms with Crippen LogP contribution >= 0.6 is 11.8 Å². The summed E-state index contributed by atoms with van der Waals surface area (Å²) in [4.78, 5) is 23.6. The molecule has 5 heteroatoms. The van der Waals surface area contributed by atoms with Crippen molar-refractivity contribution in [1.29, 1.82) is 0 Å². The van der Waals surface area contributed by atoms with Gasteiger partial charge in [-0.05, 0) is 36.8 Å². The van der Waals surface area contributed by atoms with Crippen molar-refractivity contribution in [3.05, 3.63) is 65.2 Å². The van der Waals surface area contributed by atoms with Gasteiger partial charge in [0.25, 0.3) is 0 Å². The van der Waals surface area contributed by atoms with Crippen LogP contribution in [0, 0.1) is 6.92 Å². The van der Waals surface area contributed by atoms with E-state index in [0.717, 1.165) is 10.5 Å². The second-order valence-electron chi connectivity index (χ2n) is 4.88. The van der Waals surface area contributed by atoms with Crippen molar-refractivity contribution in [3.8, 4) is 0 Å². The van der Waals surface area contributed by atoms with Crippen LogP contribution in [-0.2, 0) is 11.3 Å². The molecule has 114 valence electrons. The summed E-state index contributed by atoms with van der Waals surface area (Å²) < 4.78 is 0. The molecular weight excluding hydrogens is 298 g/mol. The summed E-state index contributed by atoms with van der Waals surface area (Å²) in [5, 5.41) is 11.6. The fourth-order valence-corrected chi connectivity index (χ4v) is 2.53. The van der Waals surface area contributed by atoms with Gasteiger partial charge in [0.15, 0.2) is 0 Å². The van der Waals surface area contributed by atoms with E-state index >= 15 is 0 Å². The second-order valence-corrected chi connectivity index (χ2v) is 5.93. The van der Waals surface area contributed by atoms with Gasteiger partial charge in [-0.2, -0.15) is 0 Å². The average Bonchev–Trinajstić information content (AvgIpc) is 2.52. The van der Waals surface area contributed by atoms with Crippen LogP contribution in [0.5, 0.6) is 0 Å². The third-order valence-corrected chi connectivity index (χ3v) is 4.09. The average molecular weight is 315 g/mol. The Labute approximate surface area is 133 Å². The number of aryl methyl sites for hydroxylation is 1. The van der Waals surface area contributed by atoms with Crippen molar-refractivity contribution >= 4 is 23.6 Å². The van der Waals surface area contributed by atoms with Gasteiger partial charge < -0.3 is 10.4 Å². The lowest BCUT2D eigenvalue weighted by Gasteiger charge is -2.06. The number of carbonyl (C=O) groups excluding carboxylic acids is 1. The number of thioether (sulfide) groups is 1. The van der Waals surface area contributed by atoms with Crippen molar-refractivity contribution in [2.24, 2.45) is 0 Å². The molecule has 4 nitrogen and oxygen atoms in total. The highest BCUT2D eigenvalue weighted by molar-refractivity contribution is 8.00. The van der Waals surface area contributed by atoms with Crippen LogP contribution in [-0.4, -0.2) is 22.7 Å². The first-order valence-corrected chi connectivity index (χ1v) is 7.81. The first-order chi connectivity index (χ1) is 10.5. The topological polar surface area (TPSA) is 66.4 Å². The predicted octanol–water partition coefficient (Wildman–Crippen LogP) is 3.10. The Balaban J connectivity index is 1.77. The summed E-state index contributed by atoms with van der Waals surface area (Å²) in [5.41, 5.74) is 2.31. The Hall–Kier alpha value is -2.27. The molecule has 0 fully saturated rings. The largest absolute Gasteiger partial charge is 0.478 e. The molecule has 0 atom stereocenters. The predicted molar refractivity (Wildman–Crippen MR) is 87.2 cm³/mol. The molecule has 0 aliphatic heterocycles. The van der Waals surface area contributed by atoms with Crippen molar-refractivity contribution in [3.63, 3.8) is 0 Å². The lowest BCUT2D eigenvalue weighted by atomic mass is 10.1. The van der Waals surface area contributed by atoms with Crippen molar-refractivity contribution in [1.82, 2.24) is 5.32 Å². The first-order valence-electron chi connectivity index (χ1n) is 6.83. The maximum Gasteiger partial charge on any atom is 0.335 e. The van der Waals surface area contributed by atoms with Crippen LogP contribution in [0.1, 0.15) is 21.5 Å². The monoisotopic (exact) mass is 315 g/mol. The van der Waals surface area contributed by atoms with Crippen LogP contribution in [0.25, 0.3) is 0 Å². The number of carboxylic acids is 1. The standard InChI is InChI=1S/C17H17NO3S/c1-12-2-8-15(9-3-12)22-11-16(19)18-10-13-4-6-14(7-5-13)17(20)21/h2-9H,10-11H2,1H3,(H,18,19)(H,20,21). The number of rotatable bonds is 6. The fourth-order valence-electron chi connectivity index (χ4n) is 1.80. The van der Waals surface area contributed by atoms with E-state index in [1.54, 1.807) is 12.1 Å².